The SMILES string of the molecule is C=C(NC1=CC(NC2=CC=C(N)CC2)Nc2ccccc21)c1ccccc1NCCC. The predicted molar refractivity (Wildman–Crippen MR) is 132 cm³/mol. The van der Waals surface area contributed by atoms with Gasteiger partial charge in [0.1, 0.15) is 6.17 Å². The Labute approximate surface area is 184 Å². The number of benzene rings is 2. The van der Waals surface area contributed by atoms with E-state index in [1.165, 1.54) is 5.70 Å². The number of rotatable bonds is 8. The molecule has 2 aliphatic rings. The highest BCUT2D eigenvalue weighted by Crippen LogP contribution is 2.31. The highest BCUT2D eigenvalue weighted by atomic mass is 15.1. The monoisotopic (exact) mass is 413 g/mol. The van der Waals surface area contributed by atoms with Crippen LogP contribution in [0.3, 0.4) is 0 Å². The van der Waals surface area contributed by atoms with E-state index in [1.807, 2.05) is 24.3 Å². The highest BCUT2D eigenvalue weighted by Gasteiger charge is 2.20. The molecule has 0 aromatic heterocycles. The van der Waals surface area contributed by atoms with E-state index < -0.39 is 0 Å². The van der Waals surface area contributed by atoms with Gasteiger partial charge in [0, 0.05) is 51.8 Å². The van der Waals surface area contributed by atoms with Crippen LogP contribution in [0.2, 0.25) is 0 Å². The van der Waals surface area contributed by atoms with Gasteiger partial charge in [-0.15, -0.1) is 0 Å². The van der Waals surface area contributed by atoms with Crippen molar-refractivity contribution in [1.29, 1.82) is 0 Å². The number of nitrogens with two attached hydrogens (primary N) is 1. The van der Waals surface area contributed by atoms with E-state index in [1.54, 1.807) is 0 Å². The van der Waals surface area contributed by atoms with Crippen LogP contribution in [0, 0.1) is 0 Å². The molecule has 1 aliphatic heterocycles. The van der Waals surface area contributed by atoms with Crippen LogP contribution in [0.1, 0.15) is 37.3 Å². The maximum Gasteiger partial charge on any atom is 0.118 e. The molecule has 2 aromatic carbocycles. The van der Waals surface area contributed by atoms with Crippen LogP contribution in [0.15, 0.2) is 84.7 Å². The summed E-state index contributed by atoms with van der Waals surface area (Å²) in [6.45, 7) is 7.44. The summed E-state index contributed by atoms with van der Waals surface area (Å²) in [5.74, 6) is 0. The minimum absolute atomic E-state index is 0.0300. The quantitative estimate of drug-likeness (QED) is 0.422. The number of hydrogen-bond acceptors (Lipinski definition) is 5. The lowest BCUT2D eigenvalue weighted by atomic mass is 10.0. The van der Waals surface area contributed by atoms with Gasteiger partial charge in [0.2, 0.25) is 0 Å². The summed E-state index contributed by atoms with van der Waals surface area (Å²) >= 11 is 0. The maximum atomic E-state index is 5.90. The summed E-state index contributed by atoms with van der Waals surface area (Å²) in [6, 6.07) is 16.6. The molecule has 0 fully saturated rings. The first-order valence-electron chi connectivity index (χ1n) is 10.9. The lowest BCUT2D eigenvalue weighted by Crippen LogP contribution is -2.37. The van der Waals surface area contributed by atoms with Gasteiger partial charge in [-0.25, -0.2) is 0 Å². The van der Waals surface area contributed by atoms with Crippen LogP contribution >= 0.6 is 0 Å². The van der Waals surface area contributed by atoms with Gasteiger partial charge in [-0.2, -0.15) is 0 Å². The molecular formula is C26H31N5. The molecule has 0 amide bonds. The van der Waals surface area contributed by atoms with Crippen LogP contribution in [-0.4, -0.2) is 12.7 Å². The molecule has 0 bridgehead atoms. The zero-order valence-corrected chi connectivity index (χ0v) is 18.0. The molecule has 5 nitrogen and oxygen atoms in total. The summed E-state index contributed by atoms with van der Waals surface area (Å²) in [5, 5.41) is 14.2. The van der Waals surface area contributed by atoms with Gasteiger partial charge in [0.05, 0.1) is 0 Å². The van der Waals surface area contributed by atoms with Gasteiger partial charge < -0.3 is 27.0 Å². The summed E-state index contributed by atoms with van der Waals surface area (Å²) in [6.07, 6.45) is 9.07. The minimum atomic E-state index is -0.0300. The predicted octanol–water partition coefficient (Wildman–Crippen LogP) is 4.97. The molecule has 6 N–H and O–H groups in total. The second-order valence-corrected chi connectivity index (χ2v) is 7.90. The van der Waals surface area contributed by atoms with Crippen LogP contribution in [0.5, 0.6) is 0 Å². The number of hydrogen-bond donors (Lipinski definition) is 5. The number of fused-ring (bicyclic) bond motifs is 1. The average Bonchev–Trinajstić information content (AvgIpc) is 2.79. The Morgan fingerprint density at radius 3 is 2.71 bits per heavy atom. The van der Waals surface area contributed by atoms with E-state index in [-0.39, 0.29) is 6.17 Å². The molecule has 1 unspecified atom stereocenters. The third-order valence-electron chi connectivity index (χ3n) is 5.49. The fourth-order valence-corrected chi connectivity index (χ4v) is 3.86. The number of allylic oxidation sites excluding steroid dienone is 4. The van der Waals surface area contributed by atoms with Crippen molar-refractivity contribution in [3.8, 4) is 0 Å². The first-order chi connectivity index (χ1) is 15.1. The fraction of sp³-hybridized carbons (Fsp3) is 0.231. The largest absolute Gasteiger partial charge is 0.402 e. The van der Waals surface area contributed by atoms with E-state index in [0.717, 1.165) is 65.4 Å². The van der Waals surface area contributed by atoms with E-state index in [4.69, 9.17) is 5.73 Å². The van der Waals surface area contributed by atoms with Gasteiger partial charge in [-0.1, -0.05) is 49.9 Å². The highest BCUT2D eigenvalue weighted by molar-refractivity contribution is 5.86. The van der Waals surface area contributed by atoms with Crippen molar-refractivity contribution in [3.63, 3.8) is 0 Å². The van der Waals surface area contributed by atoms with E-state index in [2.05, 4.69) is 77.3 Å². The lowest BCUT2D eigenvalue weighted by molar-refractivity contribution is 0.684. The van der Waals surface area contributed by atoms with Crippen LogP contribution in [-0.2, 0) is 0 Å². The molecule has 4 rings (SSSR count). The molecule has 1 heterocycles. The van der Waals surface area contributed by atoms with Crippen molar-refractivity contribution < 1.29 is 0 Å². The summed E-state index contributed by atoms with van der Waals surface area (Å²) in [5.41, 5.74) is 14.3. The van der Waals surface area contributed by atoms with E-state index in [0.29, 0.717) is 0 Å². The van der Waals surface area contributed by atoms with E-state index >= 15 is 0 Å². The van der Waals surface area contributed by atoms with Crippen molar-refractivity contribution in [3.05, 3.63) is 95.9 Å². The second kappa shape index (κ2) is 9.47. The van der Waals surface area contributed by atoms with Crippen molar-refractivity contribution in [2.45, 2.75) is 32.4 Å². The Balaban J connectivity index is 1.57. The summed E-state index contributed by atoms with van der Waals surface area (Å²) in [4.78, 5) is 0. The molecule has 31 heavy (non-hydrogen) atoms. The standard InChI is InChI=1S/C26H31N5/c1-3-16-28-23-10-6-4-8-21(23)18(2)29-25-17-26(30-20-14-12-19(27)13-15-20)31-24-11-7-5-9-22(24)25/h4-12,14,17,26,28-31H,2-3,13,15-16,27H2,1H3. The van der Waals surface area contributed by atoms with Crippen molar-refractivity contribution in [1.82, 2.24) is 10.6 Å². The van der Waals surface area contributed by atoms with Crippen LogP contribution in [0.25, 0.3) is 11.4 Å². The molecular weight excluding hydrogens is 382 g/mol. The van der Waals surface area contributed by atoms with Gasteiger partial charge in [0.25, 0.3) is 0 Å². The topological polar surface area (TPSA) is 74.1 Å². The summed E-state index contributed by atoms with van der Waals surface area (Å²) < 4.78 is 0. The van der Waals surface area contributed by atoms with Crippen molar-refractivity contribution >= 4 is 22.8 Å². The smallest absolute Gasteiger partial charge is 0.118 e. The molecule has 160 valence electrons. The lowest BCUT2D eigenvalue weighted by Gasteiger charge is -2.30. The van der Waals surface area contributed by atoms with Crippen molar-refractivity contribution in [2.24, 2.45) is 5.73 Å². The third kappa shape index (κ3) is 4.94. The van der Waals surface area contributed by atoms with Crippen molar-refractivity contribution in [2.75, 3.05) is 17.2 Å². The average molecular weight is 414 g/mol. The zero-order valence-electron chi connectivity index (χ0n) is 18.0. The second-order valence-electron chi connectivity index (χ2n) is 7.90. The third-order valence-corrected chi connectivity index (χ3v) is 5.49. The molecule has 1 aliphatic carbocycles. The van der Waals surface area contributed by atoms with Crippen LogP contribution < -0.4 is 27.0 Å². The minimum Gasteiger partial charge on any atom is -0.402 e. The maximum absolute atomic E-state index is 5.90. The number of nitrogens with one attached hydrogen (secondary N) is 4. The van der Waals surface area contributed by atoms with E-state index in [9.17, 15) is 0 Å². The normalized spacial score (nSPS) is 17.3. The Morgan fingerprint density at radius 1 is 1.10 bits per heavy atom. The Kier molecular flexibility index (Phi) is 6.32. The van der Waals surface area contributed by atoms with Gasteiger partial charge in [-0.3, -0.25) is 0 Å². The molecule has 0 saturated heterocycles. The first-order valence-corrected chi connectivity index (χ1v) is 10.9. The zero-order chi connectivity index (χ0) is 21.6. The Morgan fingerprint density at radius 2 is 1.90 bits per heavy atom. The van der Waals surface area contributed by atoms with Crippen LogP contribution in [0.4, 0.5) is 11.4 Å². The summed E-state index contributed by atoms with van der Waals surface area (Å²) in [7, 11) is 0. The number of anilines is 2. The molecule has 2 aromatic rings. The Hall–Kier alpha value is -3.60. The molecule has 0 spiro atoms. The van der Waals surface area contributed by atoms with Gasteiger partial charge >= 0.3 is 0 Å². The molecule has 0 radical (unpaired) electrons. The fourth-order valence-electron chi connectivity index (χ4n) is 3.86. The van der Waals surface area contributed by atoms with Gasteiger partial charge in [-0.05, 0) is 49.6 Å². The van der Waals surface area contributed by atoms with Gasteiger partial charge in [0.15, 0.2) is 0 Å². The Bertz CT molecular complexity index is 1050. The number of para-hydroxylation sites is 2. The molecule has 0 saturated carbocycles. The first kappa shape index (κ1) is 20.7. The molecule has 5 heteroatoms. The molecule has 1 atom stereocenters.